The van der Waals surface area contributed by atoms with E-state index in [0.717, 1.165) is 62.5 Å². The summed E-state index contributed by atoms with van der Waals surface area (Å²) in [7, 11) is 2.81. The van der Waals surface area contributed by atoms with Crippen molar-refractivity contribution in [1.29, 1.82) is 0 Å². The Morgan fingerprint density at radius 1 is 1.38 bits per heavy atom. The van der Waals surface area contributed by atoms with Crippen molar-refractivity contribution in [3.63, 3.8) is 0 Å². The molecule has 1 aliphatic rings. The molecule has 1 fully saturated rings. The average Bonchev–Trinajstić information content (AvgIpc) is 2.70. The van der Waals surface area contributed by atoms with Crippen molar-refractivity contribution in [2.45, 2.75) is 56.7 Å². The lowest BCUT2D eigenvalue weighted by Gasteiger charge is -2.30. The minimum atomic E-state index is -0.692. The average molecular weight is 380 g/mol. The van der Waals surface area contributed by atoms with Crippen LogP contribution in [0.3, 0.4) is 0 Å². The maximum absolute atomic E-state index is 12.1. The van der Waals surface area contributed by atoms with Crippen LogP contribution >= 0.6 is 0 Å². The van der Waals surface area contributed by atoms with Crippen molar-refractivity contribution in [3.05, 3.63) is 29.8 Å². The number of benzene rings is 1. The SMILES string of the molecule is CCS(=O)C1CCCC(NC(=NC)NCCCc2cccc(OC)c2)C1. The summed E-state index contributed by atoms with van der Waals surface area (Å²) < 4.78 is 17.4. The molecule has 0 spiro atoms. The fourth-order valence-corrected chi connectivity index (χ4v) is 4.81. The molecule has 3 atom stereocenters. The van der Waals surface area contributed by atoms with Crippen LogP contribution in [0, 0.1) is 0 Å². The standard InChI is InChI=1S/C20H33N3O2S/c1-4-26(24)19-12-6-10-17(15-19)23-20(21-2)22-13-7-9-16-8-5-11-18(14-16)25-3/h5,8,11,14,17,19H,4,6-7,9-10,12-13,15H2,1-3H3,(H2,21,22,23). The van der Waals surface area contributed by atoms with Crippen molar-refractivity contribution >= 4 is 16.8 Å². The highest BCUT2D eigenvalue weighted by molar-refractivity contribution is 7.85. The van der Waals surface area contributed by atoms with E-state index in [4.69, 9.17) is 4.74 Å². The first-order chi connectivity index (χ1) is 12.7. The smallest absolute Gasteiger partial charge is 0.191 e. The largest absolute Gasteiger partial charge is 0.497 e. The monoisotopic (exact) mass is 379 g/mol. The fourth-order valence-electron chi connectivity index (χ4n) is 3.47. The van der Waals surface area contributed by atoms with E-state index in [9.17, 15) is 4.21 Å². The number of aryl methyl sites for hydroxylation is 1. The molecule has 0 bridgehead atoms. The van der Waals surface area contributed by atoms with Gasteiger partial charge in [0, 0.05) is 41.4 Å². The van der Waals surface area contributed by atoms with Crippen LogP contribution in [0.25, 0.3) is 0 Å². The molecule has 0 heterocycles. The normalized spacial score (nSPS) is 21.9. The Bertz CT molecular complexity index is 606. The van der Waals surface area contributed by atoms with Gasteiger partial charge >= 0.3 is 0 Å². The molecule has 0 aliphatic heterocycles. The summed E-state index contributed by atoms with van der Waals surface area (Å²) in [6, 6.07) is 8.58. The van der Waals surface area contributed by atoms with E-state index < -0.39 is 10.8 Å². The van der Waals surface area contributed by atoms with E-state index in [2.05, 4.69) is 27.8 Å². The second kappa shape index (κ2) is 11.2. The van der Waals surface area contributed by atoms with Gasteiger partial charge in [-0.05, 0) is 49.8 Å². The summed E-state index contributed by atoms with van der Waals surface area (Å²) in [4.78, 5) is 4.34. The molecular weight excluding hydrogens is 346 g/mol. The van der Waals surface area contributed by atoms with Gasteiger partial charge in [0.25, 0.3) is 0 Å². The molecule has 1 saturated carbocycles. The van der Waals surface area contributed by atoms with Crippen molar-refractivity contribution in [2.24, 2.45) is 4.99 Å². The van der Waals surface area contributed by atoms with Crippen LogP contribution in [0.5, 0.6) is 5.75 Å². The Kier molecular flexibility index (Phi) is 8.95. The molecule has 1 aromatic rings. The maximum atomic E-state index is 12.1. The molecule has 26 heavy (non-hydrogen) atoms. The number of nitrogens with zero attached hydrogens (tertiary/aromatic N) is 1. The van der Waals surface area contributed by atoms with Crippen LogP contribution in [-0.2, 0) is 17.2 Å². The maximum Gasteiger partial charge on any atom is 0.191 e. The van der Waals surface area contributed by atoms with Gasteiger partial charge in [-0.15, -0.1) is 0 Å². The van der Waals surface area contributed by atoms with Gasteiger partial charge in [0.1, 0.15) is 5.75 Å². The van der Waals surface area contributed by atoms with Gasteiger partial charge in [-0.2, -0.15) is 0 Å². The molecule has 0 amide bonds. The number of rotatable bonds is 8. The van der Waals surface area contributed by atoms with E-state index in [1.165, 1.54) is 5.56 Å². The van der Waals surface area contributed by atoms with Crippen molar-refractivity contribution < 1.29 is 8.95 Å². The third kappa shape index (κ3) is 6.63. The van der Waals surface area contributed by atoms with Crippen LogP contribution in [0.15, 0.2) is 29.3 Å². The van der Waals surface area contributed by atoms with E-state index in [1.807, 2.05) is 26.1 Å². The van der Waals surface area contributed by atoms with E-state index in [0.29, 0.717) is 11.3 Å². The molecular formula is C20H33N3O2S. The Hall–Kier alpha value is -1.56. The molecule has 146 valence electrons. The van der Waals surface area contributed by atoms with Crippen LogP contribution in [0.4, 0.5) is 0 Å². The number of ether oxygens (including phenoxy) is 1. The van der Waals surface area contributed by atoms with Gasteiger partial charge < -0.3 is 15.4 Å². The lowest BCUT2D eigenvalue weighted by atomic mass is 9.95. The predicted molar refractivity (Wildman–Crippen MR) is 111 cm³/mol. The number of nitrogens with one attached hydrogen (secondary N) is 2. The van der Waals surface area contributed by atoms with Crippen LogP contribution in [0.1, 0.15) is 44.6 Å². The molecule has 1 aliphatic carbocycles. The Morgan fingerprint density at radius 2 is 2.23 bits per heavy atom. The number of hydrogen-bond acceptors (Lipinski definition) is 3. The number of aliphatic imine (C=N–C) groups is 1. The van der Waals surface area contributed by atoms with Gasteiger partial charge in [-0.3, -0.25) is 9.20 Å². The number of guanidine groups is 1. The Morgan fingerprint density at radius 3 is 2.96 bits per heavy atom. The summed E-state index contributed by atoms with van der Waals surface area (Å²) in [5.41, 5.74) is 1.28. The van der Waals surface area contributed by atoms with E-state index in [-0.39, 0.29) is 0 Å². The quantitative estimate of drug-likeness (QED) is 0.414. The zero-order chi connectivity index (χ0) is 18.8. The van der Waals surface area contributed by atoms with Crippen molar-refractivity contribution in [3.8, 4) is 5.75 Å². The molecule has 3 unspecified atom stereocenters. The van der Waals surface area contributed by atoms with Crippen LogP contribution < -0.4 is 15.4 Å². The van der Waals surface area contributed by atoms with Crippen molar-refractivity contribution in [2.75, 3.05) is 26.5 Å². The van der Waals surface area contributed by atoms with Gasteiger partial charge in [0.15, 0.2) is 5.96 Å². The minimum absolute atomic E-state index is 0.331. The topological polar surface area (TPSA) is 62.7 Å². The first-order valence-electron chi connectivity index (χ1n) is 9.63. The second-order valence-corrected chi connectivity index (χ2v) is 8.76. The first-order valence-corrected chi connectivity index (χ1v) is 11.0. The van der Waals surface area contributed by atoms with Gasteiger partial charge in [-0.1, -0.05) is 25.5 Å². The number of hydrogen-bond donors (Lipinski definition) is 2. The fraction of sp³-hybridized carbons (Fsp3) is 0.650. The molecule has 2 N–H and O–H groups in total. The second-order valence-electron chi connectivity index (χ2n) is 6.75. The third-order valence-electron chi connectivity index (χ3n) is 4.92. The molecule has 0 radical (unpaired) electrons. The third-order valence-corrected chi connectivity index (χ3v) is 6.66. The summed E-state index contributed by atoms with van der Waals surface area (Å²) in [6.45, 7) is 2.88. The lowest BCUT2D eigenvalue weighted by Crippen LogP contribution is -2.46. The zero-order valence-electron chi connectivity index (χ0n) is 16.3. The predicted octanol–water partition coefficient (Wildman–Crippen LogP) is 2.87. The van der Waals surface area contributed by atoms with Gasteiger partial charge in [0.05, 0.1) is 7.11 Å². The van der Waals surface area contributed by atoms with E-state index >= 15 is 0 Å². The van der Waals surface area contributed by atoms with Crippen molar-refractivity contribution in [1.82, 2.24) is 10.6 Å². The Labute approximate surface area is 160 Å². The molecule has 1 aromatic carbocycles. The zero-order valence-corrected chi connectivity index (χ0v) is 17.1. The molecule has 2 rings (SSSR count). The highest BCUT2D eigenvalue weighted by atomic mass is 32.2. The number of methoxy groups -OCH3 is 1. The summed E-state index contributed by atoms with van der Waals surface area (Å²) in [6.07, 6.45) is 6.36. The molecule has 0 aromatic heterocycles. The summed E-state index contributed by atoms with van der Waals surface area (Å²) in [5, 5.41) is 7.25. The van der Waals surface area contributed by atoms with Gasteiger partial charge in [-0.25, -0.2) is 0 Å². The highest BCUT2D eigenvalue weighted by Gasteiger charge is 2.25. The lowest BCUT2D eigenvalue weighted by molar-refractivity contribution is 0.413. The highest BCUT2D eigenvalue weighted by Crippen LogP contribution is 2.23. The summed E-state index contributed by atoms with van der Waals surface area (Å²) >= 11 is 0. The van der Waals surface area contributed by atoms with E-state index in [1.54, 1.807) is 7.11 Å². The minimum Gasteiger partial charge on any atom is -0.497 e. The van der Waals surface area contributed by atoms with Crippen LogP contribution in [-0.4, -0.2) is 47.9 Å². The molecule has 6 heteroatoms. The summed E-state index contributed by atoms with van der Waals surface area (Å²) in [5.74, 6) is 2.52. The molecule has 5 nitrogen and oxygen atoms in total. The van der Waals surface area contributed by atoms with Crippen LogP contribution in [0.2, 0.25) is 0 Å². The van der Waals surface area contributed by atoms with Gasteiger partial charge in [0.2, 0.25) is 0 Å². The first kappa shape index (κ1) is 20.7. The molecule has 0 saturated heterocycles. The Balaban J connectivity index is 1.72.